The molecule has 0 unspecified atom stereocenters. The van der Waals surface area contributed by atoms with Crippen molar-refractivity contribution < 1.29 is 4.79 Å². The fourth-order valence-corrected chi connectivity index (χ4v) is 2.10. The molecule has 0 fully saturated rings. The molecule has 1 amide bonds. The van der Waals surface area contributed by atoms with Crippen LogP contribution in [0, 0.1) is 6.92 Å². The highest BCUT2D eigenvalue weighted by Gasteiger charge is 2.08. The van der Waals surface area contributed by atoms with Gasteiger partial charge in [-0.25, -0.2) is 0 Å². The zero-order valence-electron chi connectivity index (χ0n) is 12.1. The van der Waals surface area contributed by atoms with E-state index in [1.54, 1.807) is 12.4 Å². The summed E-state index contributed by atoms with van der Waals surface area (Å²) in [6.07, 6.45) is 4.31. The molecule has 0 aliphatic heterocycles. The zero-order chi connectivity index (χ0) is 15.2. The number of hydrogen-bond donors (Lipinski definition) is 2. The maximum atomic E-state index is 12.2. The van der Waals surface area contributed by atoms with Crippen LogP contribution in [0.4, 0.5) is 11.4 Å². The van der Waals surface area contributed by atoms with Gasteiger partial charge >= 0.3 is 0 Å². The molecular weight excluding hydrogens is 330 g/mol. The first-order chi connectivity index (χ1) is 10.1. The number of rotatable bonds is 5. The van der Waals surface area contributed by atoms with Crippen molar-refractivity contribution in [3.8, 4) is 0 Å². The molecule has 21 heavy (non-hydrogen) atoms. The average molecular weight is 348 g/mol. The number of anilines is 2. The van der Waals surface area contributed by atoms with E-state index < -0.39 is 0 Å². The van der Waals surface area contributed by atoms with Crippen LogP contribution in [-0.4, -0.2) is 17.4 Å². The van der Waals surface area contributed by atoms with Crippen molar-refractivity contribution in [3.05, 3.63) is 52.3 Å². The zero-order valence-corrected chi connectivity index (χ0v) is 13.7. The summed E-state index contributed by atoms with van der Waals surface area (Å²) in [4.78, 5) is 16.3. The predicted molar refractivity (Wildman–Crippen MR) is 89.8 cm³/mol. The van der Waals surface area contributed by atoms with Crippen LogP contribution in [0.15, 0.2) is 41.1 Å². The van der Waals surface area contributed by atoms with E-state index in [4.69, 9.17) is 0 Å². The van der Waals surface area contributed by atoms with Gasteiger partial charge in [0.1, 0.15) is 0 Å². The van der Waals surface area contributed by atoms with Crippen molar-refractivity contribution in [1.82, 2.24) is 4.98 Å². The number of nitrogens with one attached hydrogen (secondary N) is 2. The molecule has 5 heteroatoms. The van der Waals surface area contributed by atoms with E-state index in [0.29, 0.717) is 5.56 Å². The first kappa shape index (κ1) is 15.5. The molecule has 0 saturated carbocycles. The third kappa shape index (κ3) is 4.29. The van der Waals surface area contributed by atoms with Gasteiger partial charge in [0.15, 0.2) is 0 Å². The molecule has 0 bridgehead atoms. The lowest BCUT2D eigenvalue weighted by Crippen LogP contribution is -2.13. The Labute approximate surface area is 133 Å². The number of halogens is 1. The second-order valence-corrected chi connectivity index (χ2v) is 5.66. The van der Waals surface area contributed by atoms with Gasteiger partial charge in [-0.2, -0.15) is 0 Å². The molecular formula is C16H18BrN3O. The number of hydrogen-bond acceptors (Lipinski definition) is 3. The van der Waals surface area contributed by atoms with Gasteiger partial charge in [0.25, 0.3) is 5.91 Å². The van der Waals surface area contributed by atoms with Crippen LogP contribution in [0.1, 0.15) is 29.3 Å². The molecule has 2 rings (SSSR count). The van der Waals surface area contributed by atoms with Gasteiger partial charge in [-0.3, -0.25) is 9.78 Å². The number of aromatic nitrogens is 1. The molecule has 0 aliphatic carbocycles. The van der Waals surface area contributed by atoms with Crippen molar-refractivity contribution >= 4 is 33.2 Å². The third-order valence-electron chi connectivity index (χ3n) is 3.00. The van der Waals surface area contributed by atoms with Crippen molar-refractivity contribution in [2.75, 3.05) is 17.2 Å². The molecule has 1 heterocycles. The molecule has 2 aromatic rings. The minimum Gasteiger partial charge on any atom is -0.384 e. The van der Waals surface area contributed by atoms with Crippen molar-refractivity contribution in [1.29, 1.82) is 0 Å². The molecule has 4 nitrogen and oxygen atoms in total. The van der Waals surface area contributed by atoms with Crippen molar-refractivity contribution in [3.63, 3.8) is 0 Å². The van der Waals surface area contributed by atoms with Gasteiger partial charge < -0.3 is 10.6 Å². The summed E-state index contributed by atoms with van der Waals surface area (Å²) < 4.78 is 1.02. The highest BCUT2D eigenvalue weighted by molar-refractivity contribution is 9.10. The maximum Gasteiger partial charge on any atom is 0.257 e. The van der Waals surface area contributed by atoms with E-state index >= 15 is 0 Å². The normalized spacial score (nSPS) is 10.2. The Balaban J connectivity index is 2.10. The smallest absolute Gasteiger partial charge is 0.257 e. The molecule has 110 valence electrons. The van der Waals surface area contributed by atoms with E-state index in [-0.39, 0.29) is 5.91 Å². The van der Waals surface area contributed by atoms with E-state index in [9.17, 15) is 4.79 Å². The molecule has 0 aliphatic rings. The number of carbonyl (C=O) groups is 1. The van der Waals surface area contributed by atoms with Crippen LogP contribution in [0.25, 0.3) is 0 Å². The Bertz CT molecular complexity index is 643. The Kier molecular flexibility index (Phi) is 5.33. The Morgan fingerprint density at radius 2 is 2.05 bits per heavy atom. The van der Waals surface area contributed by atoms with Crippen LogP contribution in [0.2, 0.25) is 0 Å². The van der Waals surface area contributed by atoms with Gasteiger partial charge in [-0.05, 0) is 43.2 Å². The van der Waals surface area contributed by atoms with E-state index in [2.05, 4.69) is 38.5 Å². The van der Waals surface area contributed by atoms with E-state index in [1.165, 1.54) is 0 Å². The minimum atomic E-state index is -0.163. The summed E-state index contributed by atoms with van der Waals surface area (Å²) >= 11 is 3.44. The second-order valence-electron chi connectivity index (χ2n) is 4.81. The third-order valence-corrected chi connectivity index (χ3v) is 3.89. The lowest BCUT2D eigenvalue weighted by atomic mass is 10.2. The first-order valence-electron chi connectivity index (χ1n) is 6.86. The van der Waals surface area contributed by atoms with Crippen LogP contribution in [-0.2, 0) is 0 Å². The predicted octanol–water partition coefficient (Wildman–Crippen LogP) is 4.23. The fourth-order valence-electron chi connectivity index (χ4n) is 1.86. The van der Waals surface area contributed by atoms with Gasteiger partial charge in [-0.15, -0.1) is 0 Å². The van der Waals surface area contributed by atoms with E-state index in [0.717, 1.165) is 34.4 Å². The van der Waals surface area contributed by atoms with Crippen LogP contribution in [0.5, 0.6) is 0 Å². The lowest BCUT2D eigenvalue weighted by molar-refractivity contribution is 0.102. The van der Waals surface area contributed by atoms with Crippen LogP contribution >= 0.6 is 15.9 Å². The molecule has 0 saturated heterocycles. The topological polar surface area (TPSA) is 54.0 Å². The summed E-state index contributed by atoms with van der Waals surface area (Å²) in [5.74, 6) is -0.163. The maximum absolute atomic E-state index is 12.2. The number of amides is 1. The molecule has 0 radical (unpaired) electrons. The SMILES string of the molecule is CCCNc1cncc(C(=O)Nc2ccc(Br)c(C)c2)c1. The number of aryl methyl sites for hydroxylation is 1. The molecule has 0 spiro atoms. The Morgan fingerprint density at radius 3 is 2.76 bits per heavy atom. The van der Waals surface area contributed by atoms with Gasteiger partial charge in [0, 0.05) is 29.1 Å². The lowest BCUT2D eigenvalue weighted by Gasteiger charge is -2.09. The molecule has 0 atom stereocenters. The quantitative estimate of drug-likeness (QED) is 0.850. The summed E-state index contributed by atoms with van der Waals surface area (Å²) in [7, 11) is 0. The second kappa shape index (κ2) is 7.22. The van der Waals surface area contributed by atoms with E-state index in [1.807, 2.05) is 31.2 Å². The largest absolute Gasteiger partial charge is 0.384 e. The summed E-state index contributed by atoms with van der Waals surface area (Å²) in [6.45, 7) is 4.93. The van der Waals surface area contributed by atoms with Crippen LogP contribution in [0.3, 0.4) is 0 Å². The van der Waals surface area contributed by atoms with Crippen molar-refractivity contribution in [2.45, 2.75) is 20.3 Å². The van der Waals surface area contributed by atoms with Crippen LogP contribution < -0.4 is 10.6 Å². The molecule has 2 N–H and O–H groups in total. The number of nitrogens with zero attached hydrogens (tertiary/aromatic N) is 1. The fraction of sp³-hybridized carbons (Fsp3) is 0.250. The summed E-state index contributed by atoms with van der Waals surface area (Å²) in [6, 6.07) is 7.52. The first-order valence-corrected chi connectivity index (χ1v) is 7.66. The number of carbonyl (C=O) groups excluding carboxylic acids is 1. The standard InChI is InChI=1S/C16H18BrN3O/c1-3-6-19-14-8-12(9-18-10-14)16(21)20-13-4-5-15(17)11(2)7-13/h4-5,7-10,19H,3,6H2,1-2H3,(H,20,21). The minimum absolute atomic E-state index is 0.163. The molecule has 1 aromatic carbocycles. The monoisotopic (exact) mass is 347 g/mol. The highest BCUT2D eigenvalue weighted by Crippen LogP contribution is 2.20. The number of benzene rings is 1. The average Bonchev–Trinajstić information content (AvgIpc) is 2.49. The summed E-state index contributed by atoms with van der Waals surface area (Å²) in [5, 5.41) is 6.10. The highest BCUT2D eigenvalue weighted by atomic mass is 79.9. The number of pyridine rings is 1. The summed E-state index contributed by atoms with van der Waals surface area (Å²) in [5.41, 5.74) is 3.24. The van der Waals surface area contributed by atoms with Gasteiger partial charge in [-0.1, -0.05) is 22.9 Å². The van der Waals surface area contributed by atoms with Gasteiger partial charge in [0.2, 0.25) is 0 Å². The van der Waals surface area contributed by atoms with Crippen molar-refractivity contribution in [2.24, 2.45) is 0 Å². The Hall–Kier alpha value is -1.88. The molecule has 1 aromatic heterocycles. The Morgan fingerprint density at radius 1 is 1.24 bits per heavy atom. The van der Waals surface area contributed by atoms with Gasteiger partial charge in [0.05, 0.1) is 11.3 Å².